The minimum Gasteiger partial charge on any atom is -0.332 e. The lowest BCUT2D eigenvalue weighted by molar-refractivity contribution is 0.601. The van der Waals surface area contributed by atoms with Crippen LogP contribution in [0.1, 0.15) is 5.56 Å². The molecule has 0 aliphatic carbocycles. The zero-order valence-corrected chi connectivity index (χ0v) is 17.3. The quantitative estimate of drug-likeness (QED) is 0.481. The molecular formula is C20H18ClN3O2S2. The molecule has 0 bridgehead atoms. The number of aryl methyl sites for hydroxylation is 1. The minimum atomic E-state index is -3.63. The second-order valence-corrected chi connectivity index (χ2v) is 8.55. The van der Waals surface area contributed by atoms with Crippen LogP contribution in [-0.2, 0) is 10.0 Å². The van der Waals surface area contributed by atoms with E-state index in [1.54, 1.807) is 54.6 Å². The summed E-state index contributed by atoms with van der Waals surface area (Å²) in [4.78, 5) is 0.213. The smallest absolute Gasteiger partial charge is 0.261 e. The van der Waals surface area contributed by atoms with Gasteiger partial charge in [-0.05, 0) is 67.7 Å². The van der Waals surface area contributed by atoms with Gasteiger partial charge in [-0.3, -0.25) is 4.72 Å². The molecule has 0 amide bonds. The Hall–Kier alpha value is -2.61. The Kier molecular flexibility index (Phi) is 6.18. The van der Waals surface area contributed by atoms with Gasteiger partial charge in [0.1, 0.15) is 0 Å². The summed E-state index contributed by atoms with van der Waals surface area (Å²) < 4.78 is 27.4. The molecule has 0 fully saturated rings. The number of anilines is 3. The lowest BCUT2D eigenvalue weighted by Crippen LogP contribution is -2.19. The molecule has 0 saturated carbocycles. The average Bonchev–Trinajstić information content (AvgIpc) is 2.65. The van der Waals surface area contributed by atoms with Crippen molar-refractivity contribution in [1.29, 1.82) is 0 Å². The first-order chi connectivity index (χ1) is 13.3. The summed E-state index contributed by atoms with van der Waals surface area (Å²) in [5.74, 6) is 0. The molecule has 28 heavy (non-hydrogen) atoms. The monoisotopic (exact) mass is 431 g/mol. The van der Waals surface area contributed by atoms with Crippen molar-refractivity contribution in [1.82, 2.24) is 0 Å². The van der Waals surface area contributed by atoms with Crippen LogP contribution in [0.5, 0.6) is 0 Å². The third-order valence-electron chi connectivity index (χ3n) is 3.85. The highest BCUT2D eigenvalue weighted by Crippen LogP contribution is 2.22. The fraction of sp³-hybridized carbons (Fsp3) is 0.0500. The molecule has 3 aromatic carbocycles. The van der Waals surface area contributed by atoms with Crippen LogP contribution in [-0.4, -0.2) is 13.5 Å². The van der Waals surface area contributed by atoms with E-state index < -0.39 is 10.0 Å². The number of benzene rings is 3. The van der Waals surface area contributed by atoms with Crippen LogP contribution >= 0.6 is 23.8 Å². The maximum absolute atomic E-state index is 12.4. The van der Waals surface area contributed by atoms with Crippen molar-refractivity contribution < 1.29 is 8.42 Å². The summed E-state index contributed by atoms with van der Waals surface area (Å²) in [6, 6.07) is 20.7. The fourth-order valence-electron chi connectivity index (χ4n) is 2.40. The SMILES string of the molecule is Cc1ccc(S(=O)(=O)Nc2ccc(NC(=S)Nc3ccccc3Cl)cc2)cc1. The first kappa shape index (κ1) is 20.1. The standard InChI is InChI=1S/C20H18ClN3O2S2/c1-14-6-12-17(13-7-14)28(25,26)24-16-10-8-15(9-11-16)22-20(27)23-19-5-3-2-4-18(19)21/h2-13,24H,1H3,(H2,22,23,27). The minimum absolute atomic E-state index is 0.213. The van der Waals surface area contributed by atoms with Crippen molar-refractivity contribution in [3.05, 3.63) is 83.4 Å². The fourth-order valence-corrected chi connectivity index (χ4v) is 3.87. The van der Waals surface area contributed by atoms with Crippen LogP contribution in [0, 0.1) is 6.92 Å². The van der Waals surface area contributed by atoms with Crippen molar-refractivity contribution in [2.75, 3.05) is 15.4 Å². The summed E-state index contributed by atoms with van der Waals surface area (Å²) in [7, 11) is -3.63. The van der Waals surface area contributed by atoms with Gasteiger partial charge >= 0.3 is 0 Å². The molecule has 5 nitrogen and oxygen atoms in total. The van der Waals surface area contributed by atoms with E-state index >= 15 is 0 Å². The highest BCUT2D eigenvalue weighted by Gasteiger charge is 2.13. The summed E-state index contributed by atoms with van der Waals surface area (Å²) in [6.07, 6.45) is 0. The number of para-hydroxylation sites is 1. The van der Waals surface area contributed by atoms with Crippen molar-refractivity contribution in [2.45, 2.75) is 11.8 Å². The van der Waals surface area contributed by atoms with Gasteiger partial charge in [0.25, 0.3) is 10.0 Å². The van der Waals surface area contributed by atoms with Crippen LogP contribution in [0.2, 0.25) is 5.02 Å². The van der Waals surface area contributed by atoms with Gasteiger partial charge in [0.15, 0.2) is 5.11 Å². The molecule has 0 atom stereocenters. The topological polar surface area (TPSA) is 70.2 Å². The van der Waals surface area contributed by atoms with Gasteiger partial charge in [0, 0.05) is 11.4 Å². The first-order valence-corrected chi connectivity index (χ1v) is 10.6. The molecular weight excluding hydrogens is 414 g/mol. The predicted molar refractivity (Wildman–Crippen MR) is 120 cm³/mol. The van der Waals surface area contributed by atoms with E-state index in [0.29, 0.717) is 27.2 Å². The Morgan fingerprint density at radius 3 is 2.11 bits per heavy atom. The van der Waals surface area contributed by atoms with E-state index in [2.05, 4.69) is 15.4 Å². The van der Waals surface area contributed by atoms with Gasteiger partial charge < -0.3 is 10.6 Å². The van der Waals surface area contributed by atoms with Crippen LogP contribution in [0.25, 0.3) is 0 Å². The van der Waals surface area contributed by atoms with Gasteiger partial charge in [-0.1, -0.05) is 41.4 Å². The molecule has 3 aromatic rings. The average molecular weight is 432 g/mol. The number of hydrogen-bond donors (Lipinski definition) is 3. The van der Waals surface area contributed by atoms with Crippen molar-refractivity contribution in [2.24, 2.45) is 0 Å². The molecule has 0 saturated heterocycles. The Morgan fingerprint density at radius 1 is 0.857 bits per heavy atom. The zero-order valence-electron chi connectivity index (χ0n) is 14.9. The summed E-state index contributed by atoms with van der Waals surface area (Å²) in [5.41, 5.74) is 2.86. The van der Waals surface area contributed by atoms with E-state index in [-0.39, 0.29) is 4.90 Å². The van der Waals surface area contributed by atoms with Crippen LogP contribution in [0.4, 0.5) is 17.1 Å². The summed E-state index contributed by atoms with van der Waals surface area (Å²) >= 11 is 11.4. The molecule has 0 spiro atoms. The second kappa shape index (κ2) is 8.60. The lowest BCUT2D eigenvalue weighted by atomic mass is 10.2. The van der Waals surface area contributed by atoms with Gasteiger partial charge in [-0.25, -0.2) is 8.42 Å². The molecule has 0 aliphatic rings. The normalized spacial score (nSPS) is 10.9. The third kappa shape index (κ3) is 5.22. The van der Waals surface area contributed by atoms with E-state index in [9.17, 15) is 8.42 Å². The van der Waals surface area contributed by atoms with E-state index in [1.165, 1.54) is 0 Å². The number of sulfonamides is 1. The second-order valence-electron chi connectivity index (χ2n) is 6.05. The molecule has 144 valence electrons. The molecule has 0 aliphatic heterocycles. The number of hydrogen-bond acceptors (Lipinski definition) is 3. The number of halogens is 1. The zero-order chi connectivity index (χ0) is 20.1. The Bertz CT molecular complexity index is 1080. The van der Waals surface area contributed by atoms with Gasteiger partial charge in [0.05, 0.1) is 15.6 Å². The largest absolute Gasteiger partial charge is 0.332 e. The third-order valence-corrected chi connectivity index (χ3v) is 5.78. The Balaban J connectivity index is 1.64. The Labute approximate surface area is 174 Å². The van der Waals surface area contributed by atoms with Crippen LogP contribution in [0.15, 0.2) is 77.7 Å². The Morgan fingerprint density at radius 2 is 1.46 bits per heavy atom. The molecule has 8 heteroatoms. The molecule has 0 radical (unpaired) electrons. The van der Waals surface area contributed by atoms with Crippen molar-refractivity contribution in [3.8, 4) is 0 Å². The number of thiocarbonyl (C=S) groups is 1. The van der Waals surface area contributed by atoms with Gasteiger partial charge in [-0.15, -0.1) is 0 Å². The predicted octanol–water partition coefficient (Wildman–Crippen LogP) is 5.26. The van der Waals surface area contributed by atoms with Crippen LogP contribution in [0.3, 0.4) is 0 Å². The van der Waals surface area contributed by atoms with Crippen LogP contribution < -0.4 is 15.4 Å². The highest BCUT2D eigenvalue weighted by molar-refractivity contribution is 7.92. The van der Waals surface area contributed by atoms with E-state index in [4.69, 9.17) is 23.8 Å². The number of rotatable bonds is 5. The maximum Gasteiger partial charge on any atom is 0.261 e. The van der Waals surface area contributed by atoms with Gasteiger partial charge in [-0.2, -0.15) is 0 Å². The van der Waals surface area contributed by atoms with Gasteiger partial charge in [0.2, 0.25) is 0 Å². The van der Waals surface area contributed by atoms with Crippen molar-refractivity contribution >= 4 is 56.0 Å². The number of nitrogens with one attached hydrogen (secondary N) is 3. The van der Waals surface area contributed by atoms with Crippen molar-refractivity contribution in [3.63, 3.8) is 0 Å². The highest BCUT2D eigenvalue weighted by atomic mass is 35.5. The first-order valence-electron chi connectivity index (χ1n) is 8.35. The van der Waals surface area contributed by atoms with E-state index in [1.807, 2.05) is 25.1 Å². The molecule has 3 rings (SSSR count). The molecule has 0 aromatic heterocycles. The molecule has 3 N–H and O–H groups in total. The summed E-state index contributed by atoms with van der Waals surface area (Å²) in [6.45, 7) is 1.90. The summed E-state index contributed by atoms with van der Waals surface area (Å²) in [5, 5.41) is 6.98. The lowest BCUT2D eigenvalue weighted by Gasteiger charge is -2.13. The van der Waals surface area contributed by atoms with E-state index in [0.717, 1.165) is 5.56 Å². The molecule has 0 unspecified atom stereocenters. The maximum atomic E-state index is 12.4. The molecule has 0 heterocycles.